The number of benzene rings is 1. The highest BCUT2D eigenvalue weighted by atomic mass is 16.7. The molecule has 0 spiro atoms. The summed E-state index contributed by atoms with van der Waals surface area (Å²) in [6, 6.07) is 13.5. The second kappa shape index (κ2) is 9.37. The number of rotatable bonds is 7. The van der Waals surface area contributed by atoms with Gasteiger partial charge in [0.25, 0.3) is 0 Å². The molecule has 7 rings (SSSR count). The lowest BCUT2D eigenvalue weighted by Crippen LogP contribution is -2.19. The molecule has 194 valence electrons. The summed E-state index contributed by atoms with van der Waals surface area (Å²) in [5, 5.41) is 7.61. The van der Waals surface area contributed by atoms with E-state index in [4.69, 9.17) is 24.2 Å². The number of aromatic nitrogens is 7. The van der Waals surface area contributed by atoms with Crippen molar-refractivity contribution in [3.05, 3.63) is 61.1 Å². The molecule has 6 aromatic rings. The van der Waals surface area contributed by atoms with Crippen LogP contribution in [0.3, 0.4) is 0 Å². The number of hydrogen-bond donors (Lipinski definition) is 2. The predicted octanol–water partition coefficient (Wildman–Crippen LogP) is 4.29. The fourth-order valence-electron chi connectivity index (χ4n) is 4.51. The van der Waals surface area contributed by atoms with Crippen molar-refractivity contribution in [3.63, 3.8) is 0 Å². The minimum Gasteiger partial charge on any atom is -0.491 e. The fraction of sp³-hybridized carbons (Fsp3) is 0.179. The van der Waals surface area contributed by atoms with Crippen molar-refractivity contribution in [1.29, 1.82) is 0 Å². The Balaban J connectivity index is 1.25. The molecule has 0 radical (unpaired) electrons. The van der Waals surface area contributed by atoms with E-state index in [9.17, 15) is 0 Å². The second-order valence-corrected chi connectivity index (χ2v) is 9.44. The maximum Gasteiger partial charge on any atom is 0.231 e. The van der Waals surface area contributed by atoms with Crippen molar-refractivity contribution in [1.82, 2.24) is 40.0 Å². The first-order chi connectivity index (χ1) is 19.1. The summed E-state index contributed by atoms with van der Waals surface area (Å²) in [6.07, 6.45) is 5.24. The van der Waals surface area contributed by atoms with E-state index >= 15 is 0 Å². The summed E-state index contributed by atoms with van der Waals surface area (Å²) in [4.78, 5) is 24.2. The molecule has 6 heterocycles. The van der Waals surface area contributed by atoms with Gasteiger partial charge < -0.3 is 24.1 Å². The minimum atomic E-state index is 0.216. The van der Waals surface area contributed by atoms with Crippen molar-refractivity contribution in [2.75, 3.05) is 34.0 Å². The molecule has 0 amide bonds. The summed E-state index contributed by atoms with van der Waals surface area (Å²) in [5.74, 6) is 2.71. The van der Waals surface area contributed by atoms with Crippen LogP contribution in [0.15, 0.2) is 61.1 Å². The molecule has 39 heavy (non-hydrogen) atoms. The summed E-state index contributed by atoms with van der Waals surface area (Å²) >= 11 is 0. The van der Waals surface area contributed by atoms with Crippen molar-refractivity contribution >= 4 is 22.1 Å². The molecule has 0 saturated carbocycles. The van der Waals surface area contributed by atoms with E-state index < -0.39 is 0 Å². The van der Waals surface area contributed by atoms with Gasteiger partial charge in [-0.2, -0.15) is 5.10 Å². The third-order valence-corrected chi connectivity index (χ3v) is 6.50. The van der Waals surface area contributed by atoms with Gasteiger partial charge in [0.1, 0.15) is 23.4 Å². The van der Waals surface area contributed by atoms with E-state index in [1.807, 2.05) is 56.6 Å². The Morgan fingerprint density at radius 1 is 0.897 bits per heavy atom. The van der Waals surface area contributed by atoms with Crippen LogP contribution in [0.5, 0.6) is 17.2 Å². The van der Waals surface area contributed by atoms with Gasteiger partial charge in [0.15, 0.2) is 23.0 Å². The number of hydrogen-bond acceptors (Lipinski definition) is 9. The van der Waals surface area contributed by atoms with Crippen molar-refractivity contribution in [3.8, 4) is 51.3 Å². The topological polar surface area (TPSA) is 127 Å². The lowest BCUT2D eigenvalue weighted by molar-refractivity contribution is 0.174. The van der Waals surface area contributed by atoms with Crippen LogP contribution in [0.4, 0.5) is 0 Å². The van der Waals surface area contributed by atoms with E-state index in [0.717, 1.165) is 51.4 Å². The van der Waals surface area contributed by atoms with Crippen LogP contribution in [-0.2, 0) is 0 Å². The summed E-state index contributed by atoms with van der Waals surface area (Å²) < 4.78 is 16.9. The summed E-state index contributed by atoms with van der Waals surface area (Å²) in [6.45, 7) is 1.61. The average Bonchev–Trinajstić information content (AvgIpc) is 3.69. The van der Waals surface area contributed by atoms with Gasteiger partial charge >= 0.3 is 0 Å². The normalized spacial score (nSPS) is 12.6. The molecule has 11 nitrogen and oxygen atoms in total. The first-order valence-electron chi connectivity index (χ1n) is 12.5. The number of pyridine rings is 3. The van der Waals surface area contributed by atoms with E-state index in [1.165, 1.54) is 0 Å². The molecule has 1 aliphatic heterocycles. The smallest absolute Gasteiger partial charge is 0.231 e. The van der Waals surface area contributed by atoms with Crippen LogP contribution < -0.4 is 14.2 Å². The number of likely N-dealkylation sites (N-methyl/N-ethyl adjacent to an activating group) is 1. The number of nitrogens with one attached hydrogen (secondary N) is 2. The Morgan fingerprint density at radius 3 is 2.72 bits per heavy atom. The van der Waals surface area contributed by atoms with E-state index in [2.05, 4.69) is 30.0 Å². The standard InChI is InChI=1S/C28H24N8O3/c1-36(2)9-10-37-18-11-17(13-29-14-18)19-4-5-21-26(31-19)27(35-34-21)28-32-20-7-8-30-24(25(20)33-28)16-3-6-22-23(12-16)39-15-38-22/h3-8,11-14H,9-10,15H2,1-2H3,(H,32,33)(H,34,35). The van der Waals surface area contributed by atoms with E-state index in [0.29, 0.717) is 35.1 Å². The second-order valence-electron chi connectivity index (χ2n) is 9.44. The van der Waals surface area contributed by atoms with Crippen LogP contribution in [-0.4, -0.2) is 74.1 Å². The minimum absolute atomic E-state index is 0.216. The molecule has 0 saturated heterocycles. The molecule has 1 aliphatic rings. The summed E-state index contributed by atoms with van der Waals surface area (Å²) in [5.41, 5.74) is 6.91. The van der Waals surface area contributed by atoms with E-state index in [1.54, 1.807) is 18.6 Å². The Labute approximate surface area is 222 Å². The number of fused-ring (bicyclic) bond motifs is 3. The maximum absolute atomic E-state index is 5.86. The monoisotopic (exact) mass is 520 g/mol. The lowest BCUT2D eigenvalue weighted by Gasteiger charge is -2.11. The van der Waals surface area contributed by atoms with Gasteiger partial charge in [-0.1, -0.05) is 0 Å². The van der Waals surface area contributed by atoms with Gasteiger partial charge in [-0.15, -0.1) is 0 Å². The SMILES string of the molecule is CN(C)CCOc1cncc(-c2ccc3[nH]nc(-c4nc5c(-c6ccc7c(c6)OCO7)nccc5[nH]4)c3n2)c1. The number of H-pyrrole nitrogens is 2. The van der Waals surface area contributed by atoms with Gasteiger partial charge in [-0.05, 0) is 56.6 Å². The molecule has 0 unspecified atom stereocenters. The van der Waals surface area contributed by atoms with Gasteiger partial charge in [-0.3, -0.25) is 15.1 Å². The lowest BCUT2D eigenvalue weighted by atomic mass is 10.1. The fourth-order valence-corrected chi connectivity index (χ4v) is 4.51. The van der Waals surface area contributed by atoms with Gasteiger partial charge in [0.2, 0.25) is 6.79 Å². The van der Waals surface area contributed by atoms with E-state index in [-0.39, 0.29) is 6.79 Å². The Kier molecular flexibility index (Phi) is 5.55. The highest BCUT2D eigenvalue weighted by Gasteiger charge is 2.19. The Hall–Kier alpha value is -5.03. The number of imidazole rings is 1. The van der Waals surface area contributed by atoms with Crippen molar-refractivity contribution < 1.29 is 14.2 Å². The molecule has 1 aromatic carbocycles. The molecule has 0 aliphatic carbocycles. The zero-order valence-corrected chi connectivity index (χ0v) is 21.3. The molecular weight excluding hydrogens is 496 g/mol. The van der Waals surface area contributed by atoms with Gasteiger partial charge in [-0.25, -0.2) is 9.97 Å². The third-order valence-electron chi connectivity index (χ3n) is 6.50. The molecule has 11 heteroatoms. The van der Waals surface area contributed by atoms with Crippen LogP contribution in [0.25, 0.3) is 56.1 Å². The molecule has 0 fully saturated rings. The zero-order valence-electron chi connectivity index (χ0n) is 21.3. The maximum atomic E-state index is 5.86. The van der Waals surface area contributed by atoms with Gasteiger partial charge in [0, 0.05) is 30.1 Å². The zero-order chi connectivity index (χ0) is 26.3. The highest BCUT2D eigenvalue weighted by Crippen LogP contribution is 2.37. The largest absolute Gasteiger partial charge is 0.491 e. The van der Waals surface area contributed by atoms with Crippen LogP contribution >= 0.6 is 0 Å². The Bertz CT molecular complexity index is 1830. The first kappa shape index (κ1) is 23.1. The van der Waals surface area contributed by atoms with Crippen molar-refractivity contribution in [2.24, 2.45) is 0 Å². The summed E-state index contributed by atoms with van der Waals surface area (Å²) in [7, 11) is 4.02. The first-order valence-corrected chi connectivity index (χ1v) is 12.5. The van der Waals surface area contributed by atoms with Crippen molar-refractivity contribution in [2.45, 2.75) is 0 Å². The molecule has 2 N–H and O–H groups in total. The van der Waals surface area contributed by atoms with Crippen LogP contribution in [0, 0.1) is 0 Å². The van der Waals surface area contributed by atoms with Gasteiger partial charge in [0.05, 0.1) is 28.6 Å². The molecular formula is C28H24N8O3. The van der Waals surface area contributed by atoms with Crippen LogP contribution in [0.1, 0.15) is 0 Å². The average molecular weight is 521 g/mol. The molecule has 0 bridgehead atoms. The highest BCUT2D eigenvalue weighted by molar-refractivity contribution is 5.95. The Morgan fingerprint density at radius 2 is 1.79 bits per heavy atom. The predicted molar refractivity (Wildman–Crippen MR) is 146 cm³/mol. The quantitative estimate of drug-likeness (QED) is 0.317. The third kappa shape index (κ3) is 4.28. The molecule has 5 aromatic heterocycles. The molecule has 0 atom stereocenters. The van der Waals surface area contributed by atoms with Crippen LogP contribution in [0.2, 0.25) is 0 Å². The number of aromatic amines is 2. The number of ether oxygens (including phenoxy) is 3. The number of nitrogens with zero attached hydrogens (tertiary/aromatic N) is 6.